The van der Waals surface area contributed by atoms with Crippen LogP contribution in [0.25, 0.3) is 0 Å². The van der Waals surface area contributed by atoms with Crippen LogP contribution in [0.15, 0.2) is 18.2 Å². The molecule has 2 atom stereocenters. The maximum Gasteiger partial charge on any atom is 0.131 e. The lowest BCUT2D eigenvalue weighted by Gasteiger charge is -2.41. The predicted molar refractivity (Wildman–Crippen MR) is 71.3 cm³/mol. The number of hydrogen-bond donors (Lipinski definition) is 1. The lowest BCUT2D eigenvalue weighted by molar-refractivity contribution is 0.193. The van der Waals surface area contributed by atoms with E-state index in [1.165, 1.54) is 6.07 Å². The van der Waals surface area contributed by atoms with Crippen molar-refractivity contribution < 1.29 is 9.50 Å². The van der Waals surface area contributed by atoms with Gasteiger partial charge in [-0.3, -0.25) is 0 Å². The fourth-order valence-electron chi connectivity index (χ4n) is 2.69. The molecule has 1 unspecified atom stereocenters. The molecule has 1 aliphatic heterocycles. The van der Waals surface area contributed by atoms with Crippen LogP contribution in [0.3, 0.4) is 0 Å². The number of aliphatic hydroxyl groups is 1. The van der Waals surface area contributed by atoms with E-state index in [1.807, 2.05) is 6.07 Å². The van der Waals surface area contributed by atoms with E-state index in [-0.39, 0.29) is 5.82 Å². The second-order valence-electron chi connectivity index (χ2n) is 5.15. The van der Waals surface area contributed by atoms with E-state index in [0.29, 0.717) is 11.6 Å². The molecule has 4 heteroatoms. The Balaban J connectivity index is 2.36. The number of piperazine rings is 1. The lowest BCUT2D eigenvalue weighted by atomic mass is 10.0. The van der Waals surface area contributed by atoms with Crippen LogP contribution in [0.1, 0.15) is 25.5 Å². The Morgan fingerprint density at radius 3 is 2.72 bits per heavy atom. The molecule has 1 aromatic carbocycles. The zero-order valence-corrected chi connectivity index (χ0v) is 11.2. The number of aliphatic hydroxyl groups excluding tert-OH is 1. The fraction of sp³-hybridized carbons (Fsp3) is 0.571. The smallest absolute Gasteiger partial charge is 0.131 e. The van der Waals surface area contributed by atoms with Crippen LogP contribution in [0.2, 0.25) is 0 Å². The Hall–Kier alpha value is -1.13. The van der Waals surface area contributed by atoms with E-state index < -0.39 is 6.10 Å². The average Bonchev–Trinajstić information content (AvgIpc) is 2.28. The SMILES string of the molecule is CC1CN(C)CCN1c1cccc(F)c1[C@@H](C)O. The van der Waals surface area contributed by atoms with Gasteiger partial charge >= 0.3 is 0 Å². The van der Waals surface area contributed by atoms with Gasteiger partial charge in [-0.25, -0.2) is 4.39 Å². The minimum Gasteiger partial charge on any atom is -0.389 e. The van der Waals surface area contributed by atoms with Crippen molar-refractivity contribution in [1.29, 1.82) is 0 Å². The largest absolute Gasteiger partial charge is 0.389 e. The van der Waals surface area contributed by atoms with Gasteiger partial charge in [0.05, 0.1) is 6.10 Å². The van der Waals surface area contributed by atoms with Crippen molar-refractivity contribution in [1.82, 2.24) is 4.90 Å². The molecule has 0 amide bonds. The third kappa shape index (κ3) is 2.49. The summed E-state index contributed by atoms with van der Waals surface area (Å²) < 4.78 is 13.9. The normalized spacial score (nSPS) is 23.2. The monoisotopic (exact) mass is 252 g/mol. The highest BCUT2D eigenvalue weighted by Gasteiger charge is 2.25. The molecule has 1 aliphatic rings. The Bertz CT molecular complexity index is 422. The standard InChI is InChI=1S/C14H21FN2O/c1-10-9-16(3)7-8-17(10)13-6-4-5-12(15)14(13)11(2)18/h4-6,10-11,18H,7-9H2,1-3H3/t10?,11-/m1/s1. The molecule has 0 saturated carbocycles. The third-order valence-electron chi connectivity index (χ3n) is 3.59. The van der Waals surface area contributed by atoms with Crippen molar-refractivity contribution in [2.75, 3.05) is 31.6 Å². The number of likely N-dealkylation sites (N-methyl/N-ethyl adjacent to an activating group) is 1. The Morgan fingerprint density at radius 2 is 2.11 bits per heavy atom. The summed E-state index contributed by atoms with van der Waals surface area (Å²) in [6.07, 6.45) is -0.784. The molecule has 18 heavy (non-hydrogen) atoms. The van der Waals surface area contributed by atoms with E-state index in [4.69, 9.17) is 0 Å². The highest BCUT2D eigenvalue weighted by molar-refractivity contribution is 5.56. The quantitative estimate of drug-likeness (QED) is 0.872. The van der Waals surface area contributed by atoms with E-state index in [0.717, 1.165) is 25.3 Å². The highest BCUT2D eigenvalue weighted by atomic mass is 19.1. The molecule has 1 heterocycles. The summed E-state index contributed by atoms with van der Waals surface area (Å²) in [5.74, 6) is -0.325. The van der Waals surface area contributed by atoms with Gasteiger partial charge in [-0.2, -0.15) is 0 Å². The summed E-state index contributed by atoms with van der Waals surface area (Å²) in [4.78, 5) is 4.45. The molecule has 3 nitrogen and oxygen atoms in total. The third-order valence-corrected chi connectivity index (χ3v) is 3.59. The molecule has 1 fully saturated rings. The van der Waals surface area contributed by atoms with Crippen LogP contribution in [0.4, 0.5) is 10.1 Å². The Kier molecular flexibility index (Phi) is 3.88. The molecular weight excluding hydrogens is 231 g/mol. The number of halogens is 1. The van der Waals surface area contributed by atoms with Gasteiger partial charge < -0.3 is 14.9 Å². The van der Waals surface area contributed by atoms with Crippen LogP contribution < -0.4 is 4.90 Å². The van der Waals surface area contributed by atoms with Crippen molar-refractivity contribution in [2.45, 2.75) is 26.0 Å². The maximum absolute atomic E-state index is 13.9. The highest BCUT2D eigenvalue weighted by Crippen LogP contribution is 2.31. The maximum atomic E-state index is 13.9. The molecule has 0 aliphatic carbocycles. The topological polar surface area (TPSA) is 26.7 Å². The van der Waals surface area contributed by atoms with Crippen LogP contribution >= 0.6 is 0 Å². The molecule has 1 N–H and O–H groups in total. The molecule has 1 saturated heterocycles. The minimum atomic E-state index is -0.784. The molecular formula is C14H21FN2O. The molecule has 100 valence electrons. The van der Waals surface area contributed by atoms with E-state index in [2.05, 4.69) is 23.8 Å². The van der Waals surface area contributed by atoms with E-state index in [1.54, 1.807) is 13.0 Å². The second-order valence-corrected chi connectivity index (χ2v) is 5.15. The van der Waals surface area contributed by atoms with Gasteiger partial charge in [-0.05, 0) is 33.0 Å². The van der Waals surface area contributed by atoms with Crippen molar-refractivity contribution >= 4 is 5.69 Å². The molecule has 0 bridgehead atoms. The van der Waals surface area contributed by atoms with Gasteiger partial charge in [-0.15, -0.1) is 0 Å². The van der Waals surface area contributed by atoms with Gasteiger partial charge in [0.1, 0.15) is 5.82 Å². The van der Waals surface area contributed by atoms with Gasteiger partial charge in [0, 0.05) is 36.9 Å². The summed E-state index contributed by atoms with van der Waals surface area (Å²) in [5, 5.41) is 9.78. The number of benzene rings is 1. The number of nitrogens with zero attached hydrogens (tertiary/aromatic N) is 2. The molecule has 2 rings (SSSR count). The van der Waals surface area contributed by atoms with Crippen LogP contribution in [-0.2, 0) is 0 Å². The van der Waals surface area contributed by atoms with Crippen LogP contribution in [0, 0.1) is 5.82 Å². The van der Waals surface area contributed by atoms with Crippen molar-refractivity contribution in [3.8, 4) is 0 Å². The fourth-order valence-corrected chi connectivity index (χ4v) is 2.69. The average molecular weight is 252 g/mol. The zero-order chi connectivity index (χ0) is 13.3. The van der Waals surface area contributed by atoms with E-state index >= 15 is 0 Å². The van der Waals surface area contributed by atoms with Crippen molar-refractivity contribution in [3.05, 3.63) is 29.6 Å². The number of rotatable bonds is 2. The van der Waals surface area contributed by atoms with E-state index in [9.17, 15) is 9.50 Å². The van der Waals surface area contributed by atoms with Crippen molar-refractivity contribution in [2.24, 2.45) is 0 Å². The number of anilines is 1. The minimum absolute atomic E-state index is 0.322. The van der Waals surface area contributed by atoms with Crippen LogP contribution in [0.5, 0.6) is 0 Å². The first kappa shape index (κ1) is 13.3. The first-order valence-corrected chi connectivity index (χ1v) is 6.42. The molecule has 0 aromatic heterocycles. The molecule has 0 spiro atoms. The number of hydrogen-bond acceptors (Lipinski definition) is 3. The van der Waals surface area contributed by atoms with Gasteiger partial charge in [-0.1, -0.05) is 6.07 Å². The Morgan fingerprint density at radius 1 is 1.39 bits per heavy atom. The van der Waals surface area contributed by atoms with Gasteiger partial charge in [0.15, 0.2) is 0 Å². The molecule has 1 aromatic rings. The van der Waals surface area contributed by atoms with Gasteiger partial charge in [0.2, 0.25) is 0 Å². The summed E-state index contributed by atoms with van der Waals surface area (Å²) in [6, 6.07) is 5.34. The van der Waals surface area contributed by atoms with Crippen LogP contribution in [-0.4, -0.2) is 42.7 Å². The first-order valence-electron chi connectivity index (χ1n) is 6.42. The molecule has 0 radical (unpaired) electrons. The summed E-state index contributed by atoms with van der Waals surface area (Å²) in [7, 11) is 2.09. The summed E-state index contributed by atoms with van der Waals surface area (Å²) >= 11 is 0. The zero-order valence-electron chi connectivity index (χ0n) is 11.2. The predicted octanol–water partition coefficient (Wildman–Crippen LogP) is 2.02. The van der Waals surface area contributed by atoms with Gasteiger partial charge in [0.25, 0.3) is 0 Å². The summed E-state index contributed by atoms with van der Waals surface area (Å²) in [6.45, 7) is 6.52. The first-order chi connectivity index (χ1) is 8.50. The summed E-state index contributed by atoms with van der Waals surface area (Å²) in [5.41, 5.74) is 1.24. The lowest BCUT2D eigenvalue weighted by Crippen LogP contribution is -2.50. The second kappa shape index (κ2) is 5.24. The Labute approximate surface area is 108 Å². The van der Waals surface area contributed by atoms with Crippen molar-refractivity contribution in [3.63, 3.8) is 0 Å².